The molecule has 0 aliphatic heterocycles. The van der Waals surface area contributed by atoms with Crippen LogP contribution in [-0.4, -0.2) is 34.6 Å². The minimum atomic E-state index is -3.67. The van der Waals surface area contributed by atoms with Crippen LogP contribution in [-0.2, 0) is 14.8 Å². The molecule has 0 aliphatic carbocycles. The van der Waals surface area contributed by atoms with Gasteiger partial charge in [0, 0.05) is 19.2 Å². The number of carbonyl (C=O) groups excluding carboxylic acids is 1. The summed E-state index contributed by atoms with van der Waals surface area (Å²) in [6, 6.07) is 11.5. The maximum Gasteiger partial charge on any atom is 0.251 e. The molecule has 0 aliphatic rings. The minimum absolute atomic E-state index is 0.0694. The normalized spacial score (nSPS) is 13.1. The van der Waals surface area contributed by atoms with E-state index in [1.807, 2.05) is 0 Å². The van der Waals surface area contributed by atoms with Crippen LogP contribution >= 0.6 is 0 Å². The first-order chi connectivity index (χ1) is 14.0. The summed E-state index contributed by atoms with van der Waals surface area (Å²) in [5.41, 5.74) is 1.08. The van der Waals surface area contributed by atoms with E-state index >= 15 is 0 Å². The molecule has 0 aromatic heterocycles. The average Bonchev–Trinajstić information content (AvgIpc) is 2.67. The molecule has 0 bridgehead atoms. The Morgan fingerprint density at radius 3 is 2.20 bits per heavy atom. The van der Waals surface area contributed by atoms with Crippen molar-refractivity contribution in [3.8, 4) is 0 Å². The van der Waals surface area contributed by atoms with Gasteiger partial charge < -0.3 is 10.1 Å². The number of amides is 1. The standard InChI is InChI=1S/C22H29FN2O4S/c1-22(2,3)15-20(16-5-9-18(23)10-6-16)25-21(26)17-7-11-19(12-8-17)30(27,28)24-13-14-29-4/h5-12,20,24H,13-15H2,1-4H3,(H,25,26). The van der Waals surface area contributed by atoms with E-state index in [9.17, 15) is 17.6 Å². The van der Waals surface area contributed by atoms with Crippen molar-refractivity contribution in [2.75, 3.05) is 20.3 Å². The first-order valence-electron chi connectivity index (χ1n) is 9.67. The van der Waals surface area contributed by atoms with E-state index in [1.54, 1.807) is 12.1 Å². The lowest BCUT2D eigenvalue weighted by molar-refractivity contribution is 0.0926. The summed E-state index contributed by atoms with van der Waals surface area (Å²) >= 11 is 0. The fraction of sp³-hybridized carbons (Fsp3) is 0.409. The molecule has 164 valence electrons. The van der Waals surface area contributed by atoms with E-state index in [1.165, 1.54) is 43.5 Å². The molecule has 0 fully saturated rings. The van der Waals surface area contributed by atoms with Gasteiger partial charge in [0.1, 0.15) is 5.82 Å². The quantitative estimate of drug-likeness (QED) is 0.588. The Hall–Kier alpha value is -2.29. The maximum atomic E-state index is 13.3. The van der Waals surface area contributed by atoms with Gasteiger partial charge in [0.15, 0.2) is 0 Å². The summed E-state index contributed by atoms with van der Waals surface area (Å²) < 4.78 is 45.0. The number of carbonyl (C=O) groups is 1. The van der Waals surface area contributed by atoms with Gasteiger partial charge in [-0.25, -0.2) is 17.5 Å². The molecule has 30 heavy (non-hydrogen) atoms. The van der Waals surface area contributed by atoms with Gasteiger partial charge in [-0.1, -0.05) is 32.9 Å². The highest BCUT2D eigenvalue weighted by molar-refractivity contribution is 7.89. The van der Waals surface area contributed by atoms with Gasteiger partial charge in [0.05, 0.1) is 17.5 Å². The van der Waals surface area contributed by atoms with Crippen LogP contribution in [0.15, 0.2) is 53.4 Å². The molecule has 1 atom stereocenters. The molecule has 2 aromatic carbocycles. The van der Waals surface area contributed by atoms with E-state index in [4.69, 9.17) is 4.74 Å². The number of hydrogen-bond donors (Lipinski definition) is 2. The summed E-state index contributed by atoms with van der Waals surface area (Å²) in [7, 11) is -2.18. The Bertz CT molecular complexity index is 937. The molecule has 0 radical (unpaired) electrons. The van der Waals surface area contributed by atoms with Crippen molar-refractivity contribution in [3.63, 3.8) is 0 Å². The van der Waals surface area contributed by atoms with Gasteiger partial charge in [0.2, 0.25) is 10.0 Å². The number of halogens is 1. The fourth-order valence-corrected chi connectivity index (χ4v) is 3.96. The van der Waals surface area contributed by atoms with Crippen LogP contribution in [0.5, 0.6) is 0 Å². The Labute approximate surface area is 177 Å². The molecular weight excluding hydrogens is 407 g/mol. The SMILES string of the molecule is COCCNS(=O)(=O)c1ccc(C(=O)NC(CC(C)(C)C)c2ccc(F)cc2)cc1. The number of nitrogens with one attached hydrogen (secondary N) is 2. The lowest BCUT2D eigenvalue weighted by Crippen LogP contribution is -2.31. The molecule has 1 amide bonds. The number of ether oxygens (including phenoxy) is 1. The van der Waals surface area contributed by atoms with Crippen molar-refractivity contribution in [2.45, 2.75) is 38.1 Å². The molecule has 0 saturated heterocycles. The van der Waals surface area contributed by atoms with E-state index in [0.717, 1.165) is 5.56 Å². The second-order valence-corrected chi connectivity index (χ2v) is 10.0. The Kier molecular flexibility index (Phi) is 8.11. The van der Waals surface area contributed by atoms with Crippen LogP contribution < -0.4 is 10.0 Å². The van der Waals surface area contributed by atoms with Crippen LogP contribution in [0, 0.1) is 11.2 Å². The van der Waals surface area contributed by atoms with Crippen LogP contribution in [0.3, 0.4) is 0 Å². The van der Waals surface area contributed by atoms with Crippen molar-refractivity contribution < 1.29 is 22.3 Å². The third-order valence-corrected chi connectivity index (χ3v) is 5.90. The van der Waals surface area contributed by atoms with Gasteiger partial charge in [0.25, 0.3) is 5.91 Å². The first kappa shape index (κ1) is 24.0. The van der Waals surface area contributed by atoms with Gasteiger partial charge >= 0.3 is 0 Å². The van der Waals surface area contributed by atoms with E-state index < -0.39 is 10.0 Å². The summed E-state index contributed by atoms with van der Waals surface area (Å²) in [4.78, 5) is 12.9. The van der Waals surface area contributed by atoms with Crippen LogP contribution in [0.4, 0.5) is 4.39 Å². The highest BCUT2D eigenvalue weighted by atomic mass is 32.2. The number of benzene rings is 2. The highest BCUT2D eigenvalue weighted by Gasteiger charge is 2.23. The van der Waals surface area contributed by atoms with E-state index in [0.29, 0.717) is 12.0 Å². The third kappa shape index (κ3) is 7.19. The predicted octanol–water partition coefficient (Wildman–Crippen LogP) is 3.66. The lowest BCUT2D eigenvalue weighted by Gasteiger charge is -2.27. The van der Waals surface area contributed by atoms with Gasteiger partial charge in [-0.05, 0) is 53.8 Å². The van der Waals surface area contributed by atoms with E-state index in [2.05, 4.69) is 30.8 Å². The average molecular weight is 437 g/mol. The maximum absolute atomic E-state index is 13.3. The first-order valence-corrected chi connectivity index (χ1v) is 11.2. The molecule has 8 heteroatoms. The predicted molar refractivity (Wildman–Crippen MR) is 114 cm³/mol. The molecule has 2 aromatic rings. The second-order valence-electron chi connectivity index (χ2n) is 8.26. The van der Waals surface area contributed by atoms with Crippen molar-refractivity contribution >= 4 is 15.9 Å². The monoisotopic (exact) mass is 436 g/mol. The molecule has 2 N–H and O–H groups in total. The van der Waals surface area contributed by atoms with Crippen molar-refractivity contribution in [2.24, 2.45) is 5.41 Å². The Morgan fingerprint density at radius 1 is 1.07 bits per heavy atom. The molecule has 0 saturated carbocycles. The molecular formula is C22H29FN2O4S. The van der Waals surface area contributed by atoms with Gasteiger partial charge in [-0.3, -0.25) is 4.79 Å². The second kappa shape index (κ2) is 10.1. The number of sulfonamides is 1. The third-order valence-electron chi connectivity index (χ3n) is 4.42. The zero-order valence-electron chi connectivity index (χ0n) is 17.7. The molecule has 2 rings (SSSR count). The largest absolute Gasteiger partial charge is 0.383 e. The van der Waals surface area contributed by atoms with Gasteiger partial charge in [-0.15, -0.1) is 0 Å². The zero-order valence-corrected chi connectivity index (χ0v) is 18.6. The molecule has 0 spiro atoms. The number of methoxy groups -OCH3 is 1. The molecule has 0 heterocycles. The van der Waals surface area contributed by atoms with Crippen LogP contribution in [0.25, 0.3) is 0 Å². The zero-order chi connectivity index (χ0) is 22.4. The number of hydrogen-bond acceptors (Lipinski definition) is 4. The Morgan fingerprint density at radius 2 is 1.67 bits per heavy atom. The van der Waals surface area contributed by atoms with Crippen molar-refractivity contribution in [1.29, 1.82) is 0 Å². The molecule has 1 unspecified atom stereocenters. The number of rotatable bonds is 9. The summed E-state index contributed by atoms with van der Waals surface area (Å²) in [5.74, 6) is -0.666. The fourth-order valence-electron chi connectivity index (χ4n) is 2.95. The van der Waals surface area contributed by atoms with Crippen LogP contribution in [0.1, 0.15) is 49.2 Å². The topological polar surface area (TPSA) is 84.5 Å². The highest BCUT2D eigenvalue weighted by Crippen LogP contribution is 2.30. The Balaban J connectivity index is 2.16. The van der Waals surface area contributed by atoms with Gasteiger partial charge in [-0.2, -0.15) is 0 Å². The smallest absolute Gasteiger partial charge is 0.251 e. The summed E-state index contributed by atoms with van der Waals surface area (Å²) in [6.45, 7) is 6.61. The van der Waals surface area contributed by atoms with Crippen LogP contribution in [0.2, 0.25) is 0 Å². The van der Waals surface area contributed by atoms with Crippen molar-refractivity contribution in [1.82, 2.24) is 10.0 Å². The van der Waals surface area contributed by atoms with Crippen molar-refractivity contribution in [3.05, 3.63) is 65.5 Å². The minimum Gasteiger partial charge on any atom is -0.383 e. The van der Waals surface area contributed by atoms with E-state index in [-0.39, 0.29) is 41.2 Å². The summed E-state index contributed by atoms with van der Waals surface area (Å²) in [5, 5.41) is 2.98. The molecule has 6 nitrogen and oxygen atoms in total. The lowest BCUT2D eigenvalue weighted by atomic mass is 9.85. The summed E-state index contributed by atoms with van der Waals surface area (Å²) in [6.07, 6.45) is 0.653.